The lowest BCUT2D eigenvalue weighted by atomic mass is 9.97. The number of carbonyl (C=O) groups excluding carboxylic acids is 1. The van der Waals surface area contributed by atoms with E-state index in [2.05, 4.69) is 32.7 Å². The number of amides is 1. The number of rotatable bonds is 10. The predicted octanol–water partition coefficient (Wildman–Crippen LogP) is 2.04. The zero-order valence-electron chi connectivity index (χ0n) is 18.9. The number of aliphatic carboxylic acids is 1. The largest absolute Gasteiger partial charge is 0.481 e. The highest BCUT2D eigenvalue weighted by atomic mass is 16.5. The number of carboxylic acids is 1. The third-order valence-corrected chi connectivity index (χ3v) is 6.25. The van der Waals surface area contributed by atoms with Crippen LogP contribution in [0.1, 0.15) is 42.1 Å². The van der Waals surface area contributed by atoms with Crippen molar-refractivity contribution in [3.8, 4) is 5.88 Å². The molecule has 9 heteroatoms. The summed E-state index contributed by atoms with van der Waals surface area (Å²) in [7, 11) is 1.52. The van der Waals surface area contributed by atoms with Gasteiger partial charge in [-0.15, -0.1) is 0 Å². The van der Waals surface area contributed by atoms with Gasteiger partial charge in [0.05, 0.1) is 25.5 Å². The molecule has 2 aromatic rings. The molecule has 1 atom stereocenters. The molecule has 0 aromatic carbocycles. The van der Waals surface area contributed by atoms with Crippen LogP contribution < -0.4 is 15.4 Å². The molecule has 1 amide bonds. The minimum Gasteiger partial charge on any atom is -0.481 e. The first kappa shape index (κ1) is 23.0. The van der Waals surface area contributed by atoms with Crippen LogP contribution in [0.3, 0.4) is 0 Å². The second-order valence-corrected chi connectivity index (χ2v) is 8.69. The maximum Gasteiger partial charge on any atom is 0.305 e. The Morgan fingerprint density at radius 1 is 1.30 bits per heavy atom. The second-order valence-electron chi connectivity index (χ2n) is 8.69. The number of hydrogen-bond donors (Lipinski definition) is 3. The lowest BCUT2D eigenvalue weighted by molar-refractivity contribution is -0.138. The van der Waals surface area contributed by atoms with Crippen LogP contribution in [0.25, 0.3) is 0 Å². The van der Waals surface area contributed by atoms with E-state index in [9.17, 15) is 14.7 Å². The number of methoxy groups -OCH3 is 1. The first-order chi connectivity index (χ1) is 16.0. The molecule has 0 spiro atoms. The number of aryl methyl sites for hydroxylation is 2. The third-order valence-electron chi connectivity index (χ3n) is 6.25. The van der Waals surface area contributed by atoms with Crippen LogP contribution in [0.5, 0.6) is 5.88 Å². The summed E-state index contributed by atoms with van der Waals surface area (Å²) in [5.41, 5.74) is 3.05. The van der Waals surface area contributed by atoms with Crippen LogP contribution in [-0.4, -0.2) is 65.1 Å². The molecule has 2 aliphatic rings. The SMILES string of the molecule is COc1ccc([C@H](CC(=O)O)NC(=O)C2CN(CCCc3ccc4c(n3)NCCC4)C2)cn1. The highest BCUT2D eigenvalue weighted by Crippen LogP contribution is 2.23. The normalized spacial score (nSPS) is 16.8. The number of fused-ring (bicyclic) bond motifs is 1. The van der Waals surface area contributed by atoms with Crippen LogP contribution in [0, 0.1) is 5.92 Å². The Balaban J connectivity index is 1.22. The molecule has 0 aliphatic carbocycles. The highest BCUT2D eigenvalue weighted by molar-refractivity contribution is 5.81. The first-order valence-corrected chi connectivity index (χ1v) is 11.5. The summed E-state index contributed by atoms with van der Waals surface area (Å²) in [6.07, 6.45) is 5.50. The highest BCUT2D eigenvalue weighted by Gasteiger charge is 2.33. The molecule has 3 N–H and O–H groups in total. The molecule has 4 rings (SSSR count). The summed E-state index contributed by atoms with van der Waals surface area (Å²) in [4.78, 5) is 35.1. The van der Waals surface area contributed by atoms with E-state index in [0.717, 1.165) is 50.3 Å². The van der Waals surface area contributed by atoms with Crippen molar-refractivity contribution in [3.05, 3.63) is 47.3 Å². The van der Waals surface area contributed by atoms with Crippen molar-refractivity contribution in [1.29, 1.82) is 0 Å². The molecular formula is C24H31N5O4. The van der Waals surface area contributed by atoms with Gasteiger partial charge >= 0.3 is 5.97 Å². The van der Waals surface area contributed by atoms with Crippen LogP contribution in [-0.2, 0) is 22.4 Å². The molecule has 0 bridgehead atoms. The van der Waals surface area contributed by atoms with Crippen LogP contribution in [0.2, 0.25) is 0 Å². The standard InChI is InChI=1S/C24H31N5O4/c1-33-21-9-7-17(13-26-21)20(12-22(30)31)28-24(32)18-14-29(15-18)11-3-5-19-8-6-16-4-2-10-25-23(16)27-19/h6-9,13,18,20H,2-5,10-12,14-15H2,1H3,(H,25,27)(H,28,32)(H,30,31)/t20-/m0/s1. The summed E-state index contributed by atoms with van der Waals surface area (Å²) < 4.78 is 5.05. The molecule has 4 heterocycles. The third kappa shape index (κ3) is 5.98. The van der Waals surface area contributed by atoms with E-state index in [1.807, 2.05) is 0 Å². The lowest BCUT2D eigenvalue weighted by Gasteiger charge is -2.38. The molecule has 1 fully saturated rings. The van der Waals surface area contributed by atoms with Gasteiger partial charge in [-0.25, -0.2) is 9.97 Å². The number of nitrogens with one attached hydrogen (secondary N) is 2. The molecule has 1 saturated heterocycles. The molecular weight excluding hydrogens is 422 g/mol. The zero-order chi connectivity index (χ0) is 23.2. The fourth-order valence-electron chi connectivity index (χ4n) is 4.35. The number of carboxylic acid groups (broad SMARTS) is 1. The quantitative estimate of drug-likeness (QED) is 0.500. The summed E-state index contributed by atoms with van der Waals surface area (Å²) in [5, 5.41) is 15.5. The molecule has 0 saturated carbocycles. The Hall–Kier alpha value is -3.20. The minimum absolute atomic E-state index is 0.115. The number of aromatic nitrogens is 2. The molecule has 0 unspecified atom stereocenters. The Morgan fingerprint density at radius 3 is 2.88 bits per heavy atom. The fourth-order valence-corrected chi connectivity index (χ4v) is 4.35. The summed E-state index contributed by atoms with van der Waals surface area (Å²) >= 11 is 0. The van der Waals surface area contributed by atoms with Crippen molar-refractivity contribution in [2.24, 2.45) is 5.92 Å². The van der Waals surface area contributed by atoms with E-state index >= 15 is 0 Å². The van der Waals surface area contributed by atoms with Crippen molar-refractivity contribution in [2.45, 2.75) is 38.1 Å². The Morgan fingerprint density at radius 2 is 2.15 bits per heavy atom. The summed E-state index contributed by atoms with van der Waals surface area (Å²) in [6, 6.07) is 7.08. The van der Waals surface area contributed by atoms with E-state index in [1.54, 1.807) is 18.3 Å². The van der Waals surface area contributed by atoms with Crippen LogP contribution >= 0.6 is 0 Å². The van der Waals surface area contributed by atoms with Gasteiger partial charge in [0.1, 0.15) is 5.82 Å². The number of anilines is 1. The van der Waals surface area contributed by atoms with Gasteiger partial charge in [-0.2, -0.15) is 0 Å². The van der Waals surface area contributed by atoms with E-state index in [-0.39, 0.29) is 18.2 Å². The molecule has 2 aliphatic heterocycles. The summed E-state index contributed by atoms with van der Waals surface area (Å²) in [6.45, 7) is 3.28. The maximum atomic E-state index is 12.7. The minimum atomic E-state index is -0.975. The Kier molecular flexibility index (Phi) is 7.39. The Labute approximate surface area is 193 Å². The molecule has 2 aromatic heterocycles. The van der Waals surface area contributed by atoms with Crippen molar-refractivity contribution < 1.29 is 19.4 Å². The van der Waals surface area contributed by atoms with E-state index in [0.29, 0.717) is 24.5 Å². The summed E-state index contributed by atoms with van der Waals surface area (Å²) in [5.74, 6) is 0.254. The van der Waals surface area contributed by atoms with Gasteiger partial charge in [-0.05, 0) is 49.4 Å². The van der Waals surface area contributed by atoms with Crippen molar-refractivity contribution in [3.63, 3.8) is 0 Å². The average molecular weight is 454 g/mol. The van der Waals surface area contributed by atoms with Gasteiger partial charge in [0, 0.05) is 37.6 Å². The fraction of sp³-hybridized carbons (Fsp3) is 0.500. The molecule has 9 nitrogen and oxygen atoms in total. The Bertz CT molecular complexity index is 975. The predicted molar refractivity (Wildman–Crippen MR) is 123 cm³/mol. The van der Waals surface area contributed by atoms with Gasteiger partial charge in [0.2, 0.25) is 11.8 Å². The zero-order valence-corrected chi connectivity index (χ0v) is 18.9. The topological polar surface area (TPSA) is 117 Å². The second kappa shape index (κ2) is 10.6. The number of carbonyl (C=O) groups is 2. The van der Waals surface area contributed by atoms with Crippen LogP contribution in [0.15, 0.2) is 30.5 Å². The van der Waals surface area contributed by atoms with E-state index < -0.39 is 12.0 Å². The van der Waals surface area contributed by atoms with Gasteiger partial charge in [0.15, 0.2) is 0 Å². The van der Waals surface area contributed by atoms with Crippen LogP contribution in [0.4, 0.5) is 5.82 Å². The van der Waals surface area contributed by atoms with Crippen molar-refractivity contribution in [1.82, 2.24) is 20.2 Å². The molecule has 33 heavy (non-hydrogen) atoms. The van der Waals surface area contributed by atoms with Crippen molar-refractivity contribution >= 4 is 17.7 Å². The van der Waals surface area contributed by atoms with E-state index in [1.165, 1.54) is 12.7 Å². The monoisotopic (exact) mass is 453 g/mol. The lowest BCUT2D eigenvalue weighted by Crippen LogP contribution is -2.54. The number of hydrogen-bond acceptors (Lipinski definition) is 7. The number of likely N-dealkylation sites (tertiary alicyclic amines) is 1. The number of ether oxygens (including phenoxy) is 1. The van der Waals surface area contributed by atoms with Gasteiger partial charge < -0.3 is 25.4 Å². The molecule has 0 radical (unpaired) electrons. The first-order valence-electron chi connectivity index (χ1n) is 11.5. The maximum absolute atomic E-state index is 12.7. The smallest absolute Gasteiger partial charge is 0.305 e. The van der Waals surface area contributed by atoms with Gasteiger partial charge in [-0.1, -0.05) is 12.1 Å². The number of pyridine rings is 2. The number of nitrogens with zero attached hydrogens (tertiary/aromatic N) is 3. The van der Waals surface area contributed by atoms with Crippen molar-refractivity contribution in [2.75, 3.05) is 38.6 Å². The molecule has 176 valence electrons. The van der Waals surface area contributed by atoms with Gasteiger partial charge in [0.25, 0.3) is 0 Å². The average Bonchev–Trinajstić information content (AvgIpc) is 2.79. The van der Waals surface area contributed by atoms with E-state index in [4.69, 9.17) is 9.72 Å². The van der Waals surface area contributed by atoms with Gasteiger partial charge in [-0.3, -0.25) is 9.59 Å².